The highest BCUT2D eigenvalue weighted by Gasteiger charge is 2.23. The predicted octanol–water partition coefficient (Wildman–Crippen LogP) is 1.77. The van der Waals surface area contributed by atoms with Crippen molar-refractivity contribution in [3.05, 3.63) is 11.3 Å². The molecule has 9 heteroatoms. The zero-order valence-electron chi connectivity index (χ0n) is 18.2. The first-order valence-electron chi connectivity index (χ1n) is 11.6. The number of fused-ring (bicyclic) bond motifs is 1. The van der Waals surface area contributed by atoms with Crippen molar-refractivity contribution in [1.82, 2.24) is 19.6 Å². The molecule has 1 aromatic rings. The lowest BCUT2D eigenvalue weighted by molar-refractivity contribution is 0.311. The molecule has 0 aromatic carbocycles. The summed E-state index contributed by atoms with van der Waals surface area (Å²) in [7, 11) is -1.14. The van der Waals surface area contributed by atoms with Crippen LogP contribution in [0, 0.1) is 0 Å². The maximum atomic E-state index is 12.5. The van der Waals surface area contributed by atoms with E-state index in [2.05, 4.69) is 26.9 Å². The molecule has 0 atom stereocenters. The Labute approximate surface area is 180 Å². The third-order valence-electron chi connectivity index (χ3n) is 6.57. The first-order chi connectivity index (χ1) is 14.5. The second-order valence-corrected chi connectivity index (χ2v) is 10.9. The highest BCUT2D eigenvalue weighted by molar-refractivity contribution is 7.89. The normalized spacial score (nSPS) is 21.4. The molecule has 1 aliphatic heterocycles. The van der Waals surface area contributed by atoms with E-state index in [1.165, 1.54) is 12.0 Å². The van der Waals surface area contributed by atoms with Gasteiger partial charge in [-0.15, -0.1) is 0 Å². The molecule has 1 aromatic heterocycles. The van der Waals surface area contributed by atoms with Gasteiger partial charge in [0.1, 0.15) is 5.82 Å². The number of nitrogens with one attached hydrogen (secondary N) is 2. The van der Waals surface area contributed by atoms with Crippen molar-refractivity contribution in [3.63, 3.8) is 0 Å². The van der Waals surface area contributed by atoms with E-state index in [4.69, 9.17) is 9.97 Å². The number of likely N-dealkylation sites (N-methyl/N-ethyl adjacent to an activating group) is 1. The Morgan fingerprint density at radius 3 is 2.47 bits per heavy atom. The van der Waals surface area contributed by atoms with Crippen LogP contribution in [0.4, 0.5) is 11.8 Å². The largest absolute Gasteiger partial charge is 0.369 e. The lowest BCUT2D eigenvalue weighted by atomic mass is 9.96. The van der Waals surface area contributed by atoms with Gasteiger partial charge in [-0.25, -0.2) is 18.1 Å². The van der Waals surface area contributed by atoms with Crippen LogP contribution in [0.1, 0.15) is 56.2 Å². The van der Waals surface area contributed by atoms with Crippen LogP contribution in [0.15, 0.2) is 0 Å². The molecule has 1 saturated heterocycles. The molecule has 30 heavy (non-hydrogen) atoms. The molecular weight excluding hydrogens is 400 g/mol. The van der Waals surface area contributed by atoms with Gasteiger partial charge in [0, 0.05) is 44.3 Å². The molecule has 4 rings (SSSR count). The highest BCUT2D eigenvalue weighted by atomic mass is 32.2. The Kier molecular flexibility index (Phi) is 7.10. The van der Waals surface area contributed by atoms with Crippen LogP contribution in [0.5, 0.6) is 0 Å². The van der Waals surface area contributed by atoms with Crippen molar-refractivity contribution in [3.8, 4) is 0 Å². The molecule has 2 N–H and O–H groups in total. The second-order valence-electron chi connectivity index (χ2n) is 8.99. The summed E-state index contributed by atoms with van der Waals surface area (Å²) in [6.45, 7) is 4.24. The third-order valence-corrected chi connectivity index (χ3v) is 8.01. The van der Waals surface area contributed by atoms with E-state index < -0.39 is 10.0 Å². The Balaban J connectivity index is 1.41. The molecule has 0 unspecified atom stereocenters. The molecule has 0 spiro atoms. The zero-order valence-corrected chi connectivity index (χ0v) is 19.0. The summed E-state index contributed by atoms with van der Waals surface area (Å²) in [4.78, 5) is 14.3. The van der Waals surface area contributed by atoms with E-state index in [0.717, 1.165) is 95.0 Å². The van der Waals surface area contributed by atoms with Crippen LogP contribution in [0.25, 0.3) is 0 Å². The third kappa shape index (κ3) is 5.62. The number of piperazine rings is 1. The standard InChI is InChI=1S/C21H36N6O2S/c1-26-12-14-27(15-13-26)21-23-19-10-6-5-9-18(19)20(24-21)22-11-16-30(28,29)25-17-7-3-2-4-8-17/h17,25H,2-16H2,1H3,(H,22,23,24). The van der Waals surface area contributed by atoms with Crippen molar-refractivity contribution in [2.45, 2.75) is 63.8 Å². The number of sulfonamides is 1. The molecule has 2 fully saturated rings. The topological polar surface area (TPSA) is 90.5 Å². The molecule has 0 radical (unpaired) electrons. The minimum atomic E-state index is -3.28. The first kappa shape index (κ1) is 21.8. The summed E-state index contributed by atoms with van der Waals surface area (Å²) in [5, 5.41) is 3.35. The minimum absolute atomic E-state index is 0.0755. The molecule has 2 aliphatic carbocycles. The SMILES string of the molecule is CN1CCN(c2nc3c(c(NCCS(=O)(=O)NC4CCCCC4)n2)CCCC3)CC1. The van der Waals surface area contributed by atoms with Gasteiger partial charge in [-0.3, -0.25) is 0 Å². The summed E-state index contributed by atoms with van der Waals surface area (Å²) in [5.41, 5.74) is 2.31. The maximum Gasteiger partial charge on any atom is 0.227 e. The van der Waals surface area contributed by atoms with Gasteiger partial charge in [0.2, 0.25) is 16.0 Å². The number of nitrogens with zero attached hydrogens (tertiary/aromatic N) is 4. The summed E-state index contributed by atoms with van der Waals surface area (Å²) >= 11 is 0. The van der Waals surface area contributed by atoms with Gasteiger partial charge in [-0.05, 0) is 45.6 Å². The van der Waals surface area contributed by atoms with Gasteiger partial charge in [0.15, 0.2) is 0 Å². The summed E-state index contributed by atoms with van der Waals surface area (Å²) in [5.74, 6) is 1.70. The quantitative estimate of drug-likeness (QED) is 0.673. The fourth-order valence-corrected chi connectivity index (χ4v) is 5.94. The summed E-state index contributed by atoms with van der Waals surface area (Å²) in [6.07, 6.45) is 9.62. The zero-order chi connectivity index (χ0) is 21.0. The summed E-state index contributed by atoms with van der Waals surface area (Å²) < 4.78 is 27.9. The smallest absolute Gasteiger partial charge is 0.227 e. The van der Waals surface area contributed by atoms with Gasteiger partial charge in [0.05, 0.1) is 11.4 Å². The number of anilines is 2. The lowest BCUT2D eigenvalue weighted by Crippen LogP contribution is -2.45. The lowest BCUT2D eigenvalue weighted by Gasteiger charge is -2.33. The summed E-state index contributed by atoms with van der Waals surface area (Å²) in [6, 6.07) is 0.111. The Morgan fingerprint density at radius 1 is 0.967 bits per heavy atom. The van der Waals surface area contributed by atoms with Gasteiger partial charge in [0.25, 0.3) is 0 Å². The van der Waals surface area contributed by atoms with E-state index in [9.17, 15) is 8.42 Å². The van der Waals surface area contributed by atoms with Crippen LogP contribution >= 0.6 is 0 Å². The minimum Gasteiger partial charge on any atom is -0.369 e. The number of aryl methyl sites for hydroxylation is 1. The molecule has 1 saturated carbocycles. The fourth-order valence-electron chi connectivity index (χ4n) is 4.71. The molecular formula is C21H36N6O2S. The fraction of sp³-hybridized carbons (Fsp3) is 0.810. The van der Waals surface area contributed by atoms with Gasteiger partial charge in [-0.1, -0.05) is 19.3 Å². The Hall–Kier alpha value is -1.45. The molecule has 3 aliphatic rings. The Bertz CT molecular complexity index is 817. The van der Waals surface area contributed by atoms with Crippen molar-refractivity contribution >= 4 is 21.8 Å². The van der Waals surface area contributed by atoms with Crippen molar-refractivity contribution in [1.29, 1.82) is 0 Å². The first-order valence-corrected chi connectivity index (χ1v) is 13.2. The molecule has 168 valence electrons. The second kappa shape index (κ2) is 9.78. The van der Waals surface area contributed by atoms with Gasteiger partial charge >= 0.3 is 0 Å². The molecule has 8 nitrogen and oxygen atoms in total. The van der Waals surface area contributed by atoms with Gasteiger partial charge < -0.3 is 15.1 Å². The van der Waals surface area contributed by atoms with Crippen molar-refractivity contribution < 1.29 is 8.42 Å². The van der Waals surface area contributed by atoms with Crippen LogP contribution in [-0.4, -0.2) is 74.9 Å². The molecule has 0 amide bonds. The molecule has 2 heterocycles. The highest BCUT2D eigenvalue weighted by Crippen LogP contribution is 2.28. The van der Waals surface area contributed by atoms with Crippen LogP contribution in [0.3, 0.4) is 0 Å². The van der Waals surface area contributed by atoms with Gasteiger partial charge in [-0.2, -0.15) is 4.98 Å². The number of hydrogen-bond donors (Lipinski definition) is 2. The van der Waals surface area contributed by atoms with E-state index >= 15 is 0 Å². The van der Waals surface area contributed by atoms with E-state index in [-0.39, 0.29) is 11.8 Å². The van der Waals surface area contributed by atoms with E-state index in [0.29, 0.717) is 6.54 Å². The van der Waals surface area contributed by atoms with E-state index in [1.807, 2.05) is 0 Å². The van der Waals surface area contributed by atoms with Crippen LogP contribution < -0.4 is 14.9 Å². The number of rotatable bonds is 7. The maximum absolute atomic E-state index is 12.5. The Morgan fingerprint density at radius 2 is 1.70 bits per heavy atom. The monoisotopic (exact) mass is 436 g/mol. The van der Waals surface area contributed by atoms with Crippen LogP contribution in [0.2, 0.25) is 0 Å². The average molecular weight is 437 g/mol. The van der Waals surface area contributed by atoms with Crippen molar-refractivity contribution in [2.75, 3.05) is 55.7 Å². The predicted molar refractivity (Wildman–Crippen MR) is 121 cm³/mol. The number of aromatic nitrogens is 2. The average Bonchev–Trinajstić information content (AvgIpc) is 2.74. The van der Waals surface area contributed by atoms with E-state index in [1.54, 1.807) is 0 Å². The number of hydrogen-bond acceptors (Lipinski definition) is 7. The van der Waals surface area contributed by atoms with Crippen LogP contribution in [-0.2, 0) is 22.9 Å². The van der Waals surface area contributed by atoms with Crippen molar-refractivity contribution in [2.24, 2.45) is 0 Å². The molecule has 0 bridgehead atoms.